The van der Waals surface area contributed by atoms with Crippen molar-refractivity contribution in [1.29, 1.82) is 0 Å². The second-order valence-corrected chi connectivity index (χ2v) is 7.42. The lowest BCUT2D eigenvalue weighted by Crippen LogP contribution is -2.32. The van der Waals surface area contributed by atoms with Gasteiger partial charge in [-0.05, 0) is 36.3 Å². The van der Waals surface area contributed by atoms with Gasteiger partial charge in [-0.15, -0.1) is 0 Å². The van der Waals surface area contributed by atoms with E-state index in [1.807, 2.05) is 0 Å². The molecule has 0 aliphatic heterocycles. The van der Waals surface area contributed by atoms with Crippen LogP contribution in [0.5, 0.6) is 0 Å². The van der Waals surface area contributed by atoms with E-state index in [0.717, 1.165) is 5.25 Å². The third-order valence-corrected chi connectivity index (χ3v) is 6.23. The Morgan fingerprint density at radius 2 is 1.78 bits per heavy atom. The topological polar surface area (TPSA) is 26.0 Å². The first-order chi connectivity index (χ1) is 8.75. The van der Waals surface area contributed by atoms with Crippen LogP contribution in [0.3, 0.4) is 0 Å². The molecule has 0 spiro atoms. The summed E-state index contributed by atoms with van der Waals surface area (Å²) in [6.07, 6.45) is 6.91. The lowest BCUT2D eigenvalue weighted by Gasteiger charge is -2.35. The van der Waals surface area contributed by atoms with Crippen LogP contribution in [0.4, 0.5) is 0 Å². The number of nitrogens with two attached hydrogens (primary N) is 1. The van der Waals surface area contributed by atoms with E-state index in [1.54, 1.807) is 0 Å². The van der Waals surface area contributed by atoms with E-state index in [-0.39, 0.29) is 6.04 Å². The summed E-state index contributed by atoms with van der Waals surface area (Å²) < 4.78 is 0. The molecule has 98 valence electrons. The Hall–Kier alpha value is -0.470. The zero-order chi connectivity index (χ0) is 12.5. The molecule has 1 nitrogen and oxygen atoms in total. The molecule has 18 heavy (non-hydrogen) atoms. The molecule has 2 aliphatic carbocycles. The predicted octanol–water partition coefficient (Wildman–Crippen LogP) is 4.24. The lowest BCUT2D eigenvalue weighted by molar-refractivity contribution is 0.526. The maximum atomic E-state index is 6.51. The van der Waals surface area contributed by atoms with Crippen LogP contribution in [-0.2, 0) is 0 Å². The van der Waals surface area contributed by atoms with Gasteiger partial charge in [-0.25, -0.2) is 0 Å². The van der Waals surface area contributed by atoms with Gasteiger partial charge in [-0.3, -0.25) is 0 Å². The molecule has 1 saturated carbocycles. The molecule has 1 aromatic rings. The Morgan fingerprint density at radius 3 is 2.50 bits per heavy atom. The first-order valence-electron chi connectivity index (χ1n) is 7.25. The third-order valence-electron chi connectivity index (χ3n) is 4.54. The molecule has 2 heteroatoms. The van der Waals surface area contributed by atoms with E-state index in [2.05, 4.69) is 43.0 Å². The summed E-state index contributed by atoms with van der Waals surface area (Å²) in [4.78, 5) is 0. The molecule has 0 aromatic heterocycles. The fourth-order valence-electron chi connectivity index (χ4n) is 3.50. The summed E-state index contributed by atoms with van der Waals surface area (Å²) in [5.74, 6) is 0.667. The van der Waals surface area contributed by atoms with Gasteiger partial charge >= 0.3 is 0 Å². The maximum Gasteiger partial charge on any atom is 0.0418 e. The van der Waals surface area contributed by atoms with Crippen LogP contribution >= 0.6 is 11.8 Å². The first-order valence-corrected chi connectivity index (χ1v) is 8.20. The number of hydrogen-bond donors (Lipinski definition) is 1. The molecule has 2 aliphatic rings. The van der Waals surface area contributed by atoms with Crippen LogP contribution in [0.25, 0.3) is 0 Å². The average molecular weight is 261 g/mol. The van der Waals surface area contributed by atoms with Crippen molar-refractivity contribution in [2.75, 3.05) is 0 Å². The second kappa shape index (κ2) is 5.26. The van der Waals surface area contributed by atoms with E-state index >= 15 is 0 Å². The van der Waals surface area contributed by atoms with Gasteiger partial charge in [0.1, 0.15) is 0 Å². The third kappa shape index (κ3) is 2.33. The van der Waals surface area contributed by atoms with E-state index in [1.165, 1.54) is 43.2 Å². The SMILES string of the molecule is CC1CC(SC2CCCC2)C(N)c2ccccc21. The minimum Gasteiger partial charge on any atom is -0.323 e. The molecule has 0 saturated heterocycles. The van der Waals surface area contributed by atoms with Crippen molar-refractivity contribution in [3.05, 3.63) is 35.4 Å². The number of hydrogen-bond acceptors (Lipinski definition) is 2. The summed E-state index contributed by atoms with van der Waals surface area (Å²) >= 11 is 2.18. The van der Waals surface area contributed by atoms with Gasteiger partial charge in [0.15, 0.2) is 0 Å². The molecule has 0 heterocycles. The van der Waals surface area contributed by atoms with Crippen molar-refractivity contribution >= 4 is 11.8 Å². The highest BCUT2D eigenvalue weighted by Crippen LogP contribution is 2.45. The van der Waals surface area contributed by atoms with Crippen molar-refractivity contribution in [1.82, 2.24) is 0 Å². The van der Waals surface area contributed by atoms with Crippen LogP contribution in [0, 0.1) is 0 Å². The van der Waals surface area contributed by atoms with Gasteiger partial charge in [-0.2, -0.15) is 11.8 Å². The van der Waals surface area contributed by atoms with Gasteiger partial charge in [0.25, 0.3) is 0 Å². The molecule has 3 atom stereocenters. The summed E-state index contributed by atoms with van der Waals surface area (Å²) in [7, 11) is 0. The normalized spacial score (nSPS) is 32.4. The highest BCUT2D eigenvalue weighted by Gasteiger charge is 2.33. The molecule has 3 unspecified atom stereocenters. The molecule has 0 radical (unpaired) electrons. The fraction of sp³-hybridized carbons (Fsp3) is 0.625. The minimum absolute atomic E-state index is 0.239. The quantitative estimate of drug-likeness (QED) is 0.862. The number of thioether (sulfide) groups is 1. The van der Waals surface area contributed by atoms with Crippen LogP contribution in [-0.4, -0.2) is 10.5 Å². The van der Waals surface area contributed by atoms with E-state index < -0.39 is 0 Å². The molecule has 3 rings (SSSR count). The van der Waals surface area contributed by atoms with E-state index in [4.69, 9.17) is 5.73 Å². The zero-order valence-corrected chi connectivity index (χ0v) is 12.0. The standard InChI is InChI=1S/C16H23NS/c1-11-10-15(18-12-6-2-3-7-12)16(17)14-9-5-4-8-13(11)14/h4-5,8-9,11-12,15-16H,2-3,6-7,10,17H2,1H3. The van der Waals surface area contributed by atoms with Gasteiger partial charge < -0.3 is 5.73 Å². The summed E-state index contributed by atoms with van der Waals surface area (Å²) in [5, 5.41) is 1.50. The largest absolute Gasteiger partial charge is 0.323 e. The molecule has 0 bridgehead atoms. The summed E-state index contributed by atoms with van der Waals surface area (Å²) in [6.45, 7) is 2.35. The molecule has 0 amide bonds. The van der Waals surface area contributed by atoms with Crippen LogP contribution in [0.2, 0.25) is 0 Å². The van der Waals surface area contributed by atoms with Gasteiger partial charge in [-0.1, -0.05) is 44.0 Å². The molecule has 2 N–H and O–H groups in total. The second-order valence-electron chi connectivity index (χ2n) is 5.87. The minimum atomic E-state index is 0.239. The molecular weight excluding hydrogens is 238 g/mol. The first kappa shape index (κ1) is 12.6. The van der Waals surface area contributed by atoms with Crippen molar-refractivity contribution in [2.45, 2.75) is 61.5 Å². The fourth-order valence-corrected chi connectivity index (χ4v) is 5.31. The van der Waals surface area contributed by atoms with Crippen LogP contribution in [0.15, 0.2) is 24.3 Å². The highest BCUT2D eigenvalue weighted by atomic mass is 32.2. The average Bonchev–Trinajstić information content (AvgIpc) is 2.89. The smallest absolute Gasteiger partial charge is 0.0418 e. The lowest BCUT2D eigenvalue weighted by atomic mass is 9.81. The van der Waals surface area contributed by atoms with Crippen molar-refractivity contribution in [3.8, 4) is 0 Å². The summed E-state index contributed by atoms with van der Waals surface area (Å²) in [6, 6.07) is 9.01. The number of fused-ring (bicyclic) bond motifs is 1. The highest BCUT2D eigenvalue weighted by molar-refractivity contribution is 8.00. The monoisotopic (exact) mass is 261 g/mol. The van der Waals surface area contributed by atoms with Gasteiger partial charge in [0.2, 0.25) is 0 Å². The number of benzene rings is 1. The zero-order valence-electron chi connectivity index (χ0n) is 11.1. The Labute approximate surface area is 115 Å². The predicted molar refractivity (Wildman–Crippen MR) is 80.0 cm³/mol. The van der Waals surface area contributed by atoms with Crippen LogP contribution in [0.1, 0.15) is 62.1 Å². The van der Waals surface area contributed by atoms with Gasteiger partial charge in [0.05, 0.1) is 0 Å². The van der Waals surface area contributed by atoms with Crippen molar-refractivity contribution < 1.29 is 0 Å². The van der Waals surface area contributed by atoms with Gasteiger partial charge in [0, 0.05) is 16.5 Å². The van der Waals surface area contributed by atoms with Crippen molar-refractivity contribution in [2.24, 2.45) is 5.73 Å². The number of rotatable bonds is 2. The van der Waals surface area contributed by atoms with E-state index in [9.17, 15) is 0 Å². The molecule has 1 aromatic carbocycles. The molecular formula is C16H23NS. The Morgan fingerprint density at radius 1 is 1.11 bits per heavy atom. The maximum absolute atomic E-state index is 6.51. The molecule has 1 fully saturated rings. The Bertz CT molecular complexity index is 411. The van der Waals surface area contributed by atoms with Crippen LogP contribution < -0.4 is 5.73 Å². The Kier molecular flexibility index (Phi) is 3.67. The Balaban J connectivity index is 1.78. The van der Waals surface area contributed by atoms with E-state index in [0.29, 0.717) is 11.2 Å². The van der Waals surface area contributed by atoms with Crippen molar-refractivity contribution in [3.63, 3.8) is 0 Å². The summed E-state index contributed by atoms with van der Waals surface area (Å²) in [5.41, 5.74) is 9.39.